The van der Waals surface area contributed by atoms with E-state index >= 15 is 0 Å². The van der Waals surface area contributed by atoms with E-state index in [9.17, 15) is 4.79 Å². The van der Waals surface area contributed by atoms with Crippen LogP contribution in [0.1, 0.15) is 15.9 Å². The van der Waals surface area contributed by atoms with Gasteiger partial charge in [0.25, 0.3) is 0 Å². The topological polar surface area (TPSA) is 76.0 Å². The summed E-state index contributed by atoms with van der Waals surface area (Å²) < 4.78 is 0. The summed E-state index contributed by atoms with van der Waals surface area (Å²) in [6.45, 7) is 1.89. The van der Waals surface area contributed by atoms with Gasteiger partial charge in [-0.25, -0.2) is 14.8 Å². The molecule has 2 aromatic heterocycles. The fourth-order valence-corrected chi connectivity index (χ4v) is 1.95. The van der Waals surface area contributed by atoms with Gasteiger partial charge in [-0.2, -0.15) is 0 Å². The summed E-state index contributed by atoms with van der Waals surface area (Å²) in [7, 11) is 0. The second-order valence-electron chi connectivity index (χ2n) is 3.32. The molecule has 0 aliphatic rings. The second-order valence-corrected chi connectivity index (χ2v) is 4.33. The zero-order valence-electron chi connectivity index (χ0n) is 8.99. The normalized spacial score (nSPS) is 10.2. The van der Waals surface area contributed by atoms with E-state index in [0.29, 0.717) is 10.1 Å². The molecule has 0 saturated heterocycles. The molecule has 2 heterocycles. The number of carbonyl (C=O) groups is 1. The second kappa shape index (κ2) is 4.92. The molecule has 0 aromatic carbocycles. The van der Waals surface area contributed by atoms with Crippen molar-refractivity contribution in [3.05, 3.63) is 42.0 Å². The van der Waals surface area contributed by atoms with Gasteiger partial charge < -0.3 is 5.11 Å². The molecule has 0 spiro atoms. The van der Waals surface area contributed by atoms with Crippen molar-refractivity contribution >= 4 is 17.7 Å². The summed E-state index contributed by atoms with van der Waals surface area (Å²) in [4.78, 5) is 23.6. The van der Waals surface area contributed by atoms with Crippen LogP contribution >= 0.6 is 11.8 Å². The Morgan fingerprint density at radius 3 is 2.65 bits per heavy atom. The molecular weight excluding hydrogens is 238 g/mol. The number of hydrogen-bond acceptors (Lipinski definition) is 5. The minimum Gasteiger partial charge on any atom is -0.478 e. The molecular formula is C11H9N3O2S. The highest BCUT2D eigenvalue weighted by molar-refractivity contribution is 7.99. The number of nitrogens with zero attached hydrogens (tertiary/aromatic N) is 3. The average molecular weight is 247 g/mol. The van der Waals surface area contributed by atoms with Gasteiger partial charge in [-0.15, -0.1) is 0 Å². The monoisotopic (exact) mass is 247 g/mol. The molecule has 0 fully saturated rings. The van der Waals surface area contributed by atoms with E-state index in [4.69, 9.17) is 5.11 Å². The minimum atomic E-state index is -1.01. The summed E-state index contributed by atoms with van der Waals surface area (Å²) in [5, 5.41) is 9.51. The van der Waals surface area contributed by atoms with Gasteiger partial charge in [-0.3, -0.25) is 4.98 Å². The molecule has 0 radical (unpaired) electrons. The Balaban J connectivity index is 2.30. The molecule has 0 atom stereocenters. The smallest absolute Gasteiger partial charge is 0.338 e. The molecule has 1 N–H and O–H groups in total. The van der Waals surface area contributed by atoms with Gasteiger partial charge in [0.05, 0.1) is 5.56 Å². The predicted octanol–water partition coefficient (Wildman–Crippen LogP) is 2.03. The van der Waals surface area contributed by atoms with Crippen LogP contribution in [0.5, 0.6) is 0 Å². The SMILES string of the molecule is Cc1cnc(Sc2ccncc2C(=O)O)nc1. The van der Waals surface area contributed by atoms with Gasteiger partial charge >= 0.3 is 5.97 Å². The van der Waals surface area contributed by atoms with E-state index in [2.05, 4.69) is 15.0 Å². The van der Waals surface area contributed by atoms with Crippen LogP contribution in [-0.4, -0.2) is 26.0 Å². The van der Waals surface area contributed by atoms with E-state index < -0.39 is 5.97 Å². The van der Waals surface area contributed by atoms with Crippen LogP contribution in [0, 0.1) is 6.92 Å². The van der Waals surface area contributed by atoms with Gasteiger partial charge in [-0.05, 0) is 30.3 Å². The standard InChI is InChI=1S/C11H9N3O2S/c1-7-4-13-11(14-5-7)17-9-2-3-12-6-8(9)10(15)16/h2-6H,1H3,(H,15,16). The Hall–Kier alpha value is -1.95. The van der Waals surface area contributed by atoms with Crippen LogP contribution in [0.25, 0.3) is 0 Å². The van der Waals surface area contributed by atoms with E-state index in [0.717, 1.165) is 5.56 Å². The number of hydrogen-bond donors (Lipinski definition) is 1. The molecule has 0 aliphatic carbocycles. The highest BCUT2D eigenvalue weighted by Gasteiger charge is 2.11. The summed E-state index contributed by atoms with van der Waals surface area (Å²) >= 11 is 1.21. The summed E-state index contributed by atoms with van der Waals surface area (Å²) in [5.74, 6) is -1.01. The van der Waals surface area contributed by atoms with Gasteiger partial charge in [0.2, 0.25) is 0 Å². The van der Waals surface area contributed by atoms with Crippen LogP contribution in [0.3, 0.4) is 0 Å². The summed E-state index contributed by atoms with van der Waals surface area (Å²) in [6.07, 6.45) is 6.25. The fraction of sp³-hybridized carbons (Fsp3) is 0.0909. The zero-order chi connectivity index (χ0) is 12.3. The fourth-order valence-electron chi connectivity index (χ4n) is 1.16. The lowest BCUT2D eigenvalue weighted by molar-refractivity contribution is 0.0692. The zero-order valence-corrected chi connectivity index (χ0v) is 9.81. The van der Waals surface area contributed by atoms with Crippen molar-refractivity contribution in [2.45, 2.75) is 17.0 Å². The van der Waals surface area contributed by atoms with E-state index in [1.807, 2.05) is 6.92 Å². The summed E-state index contributed by atoms with van der Waals surface area (Å²) in [5.41, 5.74) is 1.12. The lowest BCUT2D eigenvalue weighted by atomic mass is 10.3. The number of pyridine rings is 1. The van der Waals surface area contributed by atoms with Gasteiger partial charge in [0, 0.05) is 29.7 Å². The molecule has 86 valence electrons. The van der Waals surface area contributed by atoms with Crippen LogP contribution in [0.2, 0.25) is 0 Å². The van der Waals surface area contributed by atoms with E-state index in [-0.39, 0.29) is 5.56 Å². The third-order valence-electron chi connectivity index (χ3n) is 1.97. The van der Waals surface area contributed by atoms with Crippen molar-refractivity contribution in [3.8, 4) is 0 Å². The van der Waals surface area contributed by atoms with Crippen LogP contribution in [0.15, 0.2) is 40.9 Å². The van der Waals surface area contributed by atoms with Gasteiger partial charge in [0.15, 0.2) is 5.16 Å². The Kier molecular flexibility index (Phi) is 3.34. The van der Waals surface area contributed by atoms with Crippen molar-refractivity contribution in [2.75, 3.05) is 0 Å². The first-order chi connectivity index (χ1) is 8.16. The van der Waals surface area contributed by atoms with Gasteiger partial charge in [0.1, 0.15) is 0 Å². The maximum atomic E-state index is 11.0. The molecule has 0 aliphatic heterocycles. The molecule has 0 unspecified atom stereocenters. The summed E-state index contributed by atoms with van der Waals surface area (Å²) in [6, 6.07) is 1.64. The molecule has 5 nitrogen and oxygen atoms in total. The third-order valence-corrected chi connectivity index (χ3v) is 2.94. The van der Waals surface area contributed by atoms with Crippen LogP contribution < -0.4 is 0 Å². The van der Waals surface area contributed by atoms with Crippen LogP contribution in [0.4, 0.5) is 0 Å². The lowest BCUT2D eigenvalue weighted by Crippen LogP contribution is -1.99. The Bertz CT molecular complexity index is 543. The van der Waals surface area contributed by atoms with Crippen LogP contribution in [-0.2, 0) is 0 Å². The molecule has 0 amide bonds. The number of aromatic nitrogens is 3. The first kappa shape index (κ1) is 11.5. The van der Waals surface area contributed by atoms with E-state index in [1.165, 1.54) is 18.0 Å². The number of carboxylic acid groups (broad SMARTS) is 1. The largest absolute Gasteiger partial charge is 0.478 e. The lowest BCUT2D eigenvalue weighted by Gasteiger charge is -2.03. The molecule has 2 aromatic rings. The number of aromatic carboxylic acids is 1. The molecule has 0 bridgehead atoms. The van der Waals surface area contributed by atoms with Crippen molar-refractivity contribution < 1.29 is 9.90 Å². The third kappa shape index (κ3) is 2.79. The maximum Gasteiger partial charge on any atom is 0.338 e. The molecule has 2 rings (SSSR count). The quantitative estimate of drug-likeness (QED) is 0.836. The first-order valence-electron chi connectivity index (χ1n) is 4.80. The minimum absolute atomic E-state index is 0.154. The predicted molar refractivity (Wildman–Crippen MR) is 62.1 cm³/mol. The average Bonchev–Trinajstić information content (AvgIpc) is 2.32. The van der Waals surface area contributed by atoms with Crippen molar-refractivity contribution in [1.82, 2.24) is 15.0 Å². The molecule has 17 heavy (non-hydrogen) atoms. The molecule has 0 saturated carbocycles. The Morgan fingerprint density at radius 2 is 2.00 bits per heavy atom. The Labute approximate surface area is 102 Å². The number of rotatable bonds is 3. The highest BCUT2D eigenvalue weighted by Crippen LogP contribution is 2.26. The Morgan fingerprint density at radius 1 is 1.29 bits per heavy atom. The highest BCUT2D eigenvalue weighted by atomic mass is 32.2. The van der Waals surface area contributed by atoms with E-state index in [1.54, 1.807) is 24.7 Å². The van der Waals surface area contributed by atoms with Crippen molar-refractivity contribution in [1.29, 1.82) is 0 Å². The van der Waals surface area contributed by atoms with Crippen molar-refractivity contribution in [2.24, 2.45) is 0 Å². The van der Waals surface area contributed by atoms with Crippen molar-refractivity contribution in [3.63, 3.8) is 0 Å². The van der Waals surface area contributed by atoms with Gasteiger partial charge in [-0.1, -0.05) is 0 Å². The number of carboxylic acids is 1. The maximum absolute atomic E-state index is 11.0. The molecule has 6 heteroatoms. The first-order valence-corrected chi connectivity index (χ1v) is 5.62. The number of aryl methyl sites for hydroxylation is 1.